The Hall–Kier alpha value is -3.55. The molecule has 164 valence electrons. The van der Waals surface area contributed by atoms with Crippen LogP contribution in [-0.4, -0.2) is 55.5 Å². The molecule has 0 bridgehead atoms. The number of rotatable bonds is 7. The van der Waals surface area contributed by atoms with E-state index in [4.69, 9.17) is 9.47 Å². The fraction of sp³-hybridized carbons (Fsp3) is 0.348. The molecule has 2 N–H and O–H groups in total. The summed E-state index contributed by atoms with van der Waals surface area (Å²) in [6.45, 7) is 2.45. The van der Waals surface area contributed by atoms with Crippen LogP contribution >= 0.6 is 0 Å². The highest BCUT2D eigenvalue weighted by Crippen LogP contribution is 2.25. The Labute approximate surface area is 181 Å². The van der Waals surface area contributed by atoms with Gasteiger partial charge in [0, 0.05) is 37.3 Å². The van der Waals surface area contributed by atoms with E-state index in [-0.39, 0.29) is 30.4 Å². The molecule has 8 heteroatoms. The van der Waals surface area contributed by atoms with Crippen LogP contribution in [0.25, 0.3) is 0 Å². The number of ether oxygens (including phenoxy) is 2. The van der Waals surface area contributed by atoms with Gasteiger partial charge in [0.1, 0.15) is 0 Å². The number of methoxy groups -OCH3 is 1. The third kappa shape index (κ3) is 6.21. The smallest absolute Gasteiger partial charge is 0.260 e. The molecule has 8 nitrogen and oxygen atoms in total. The molecule has 1 heterocycles. The summed E-state index contributed by atoms with van der Waals surface area (Å²) in [5.41, 5.74) is 1.06. The summed E-state index contributed by atoms with van der Waals surface area (Å²) in [6, 6.07) is 14.0. The molecule has 0 aliphatic carbocycles. The predicted molar refractivity (Wildman–Crippen MR) is 116 cm³/mol. The van der Waals surface area contributed by atoms with E-state index in [2.05, 4.69) is 10.6 Å². The molecule has 2 aromatic carbocycles. The zero-order chi connectivity index (χ0) is 22.2. The van der Waals surface area contributed by atoms with Crippen molar-refractivity contribution in [3.63, 3.8) is 0 Å². The Balaban J connectivity index is 1.46. The minimum atomic E-state index is -0.198. The van der Waals surface area contributed by atoms with Gasteiger partial charge in [-0.3, -0.25) is 14.4 Å². The molecular weight excluding hydrogens is 398 g/mol. The molecule has 0 aromatic heterocycles. The zero-order valence-electron chi connectivity index (χ0n) is 17.7. The fourth-order valence-electron chi connectivity index (χ4n) is 3.45. The Bertz CT molecular complexity index is 938. The molecule has 1 aliphatic heterocycles. The lowest BCUT2D eigenvalue weighted by Crippen LogP contribution is -2.47. The second kappa shape index (κ2) is 10.5. The van der Waals surface area contributed by atoms with Gasteiger partial charge in [0.2, 0.25) is 5.91 Å². The molecule has 2 aromatic rings. The van der Waals surface area contributed by atoms with Crippen molar-refractivity contribution in [2.45, 2.75) is 25.8 Å². The Morgan fingerprint density at radius 2 is 1.74 bits per heavy atom. The average Bonchev–Trinajstić information content (AvgIpc) is 2.78. The van der Waals surface area contributed by atoms with E-state index < -0.39 is 0 Å². The Morgan fingerprint density at radius 3 is 2.42 bits per heavy atom. The van der Waals surface area contributed by atoms with Gasteiger partial charge >= 0.3 is 0 Å². The maximum Gasteiger partial charge on any atom is 0.260 e. The molecule has 1 fully saturated rings. The molecule has 0 unspecified atom stereocenters. The summed E-state index contributed by atoms with van der Waals surface area (Å²) in [6.07, 6.45) is 1.33. The van der Waals surface area contributed by atoms with E-state index >= 15 is 0 Å². The third-order valence-corrected chi connectivity index (χ3v) is 5.05. The van der Waals surface area contributed by atoms with Crippen molar-refractivity contribution in [2.24, 2.45) is 0 Å². The first kappa shape index (κ1) is 22.1. The number of nitrogens with one attached hydrogen (secondary N) is 2. The van der Waals surface area contributed by atoms with Gasteiger partial charge in [-0.25, -0.2) is 0 Å². The van der Waals surface area contributed by atoms with Crippen LogP contribution in [0.3, 0.4) is 0 Å². The topological polar surface area (TPSA) is 97.0 Å². The van der Waals surface area contributed by atoms with Crippen molar-refractivity contribution in [1.82, 2.24) is 10.2 Å². The van der Waals surface area contributed by atoms with Crippen LogP contribution in [0.5, 0.6) is 11.5 Å². The molecule has 1 aliphatic rings. The van der Waals surface area contributed by atoms with E-state index in [9.17, 15) is 14.4 Å². The fourth-order valence-corrected chi connectivity index (χ4v) is 3.45. The lowest BCUT2D eigenvalue weighted by Gasteiger charge is -2.32. The molecule has 0 atom stereocenters. The Kier molecular flexibility index (Phi) is 7.48. The maximum absolute atomic E-state index is 12.5. The van der Waals surface area contributed by atoms with Gasteiger partial charge in [0.15, 0.2) is 18.1 Å². The third-order valence-electron chi connectivity index (χ3n) is 5.05. The number of carbonyl (C=O) groups is 3. The van der Waals surface area contributed by atoms with Crippen molar-refractivity contribution >= 4 is 23.4 Å². The SMILES string of the molecule is COc1ccccc1OCC(=O)N1CCC(NC(=O)c2cccc(NC(C)=O)c2)CC1. The van der Waals surface area contributed by atoms with Crippen LogP contribution in [0.1, 0.15) is 30.1 Å². The largest absolute Gasteiger partial charge is 0.493 e. The number of amides is 3. The van der Waals surface area contributed by atoms with Crippen LogP contribution in [0, 0.1) is 0 Å². The van der Waals surface area contributed by atoms with Crippen molar-refractivity contribution in [2.75, 3.05) is 32.1 Å². The van der Waals surface area contributed by atoms with Crippen molar-refractivity contribution in [3.8, 4) is 11.5 Å². The van der Waals surface area contributed by atoms with Crippen molar-refractivity contribution in [3.05, 3.63) is 54.1 Å². The van der Waals surface area contributed by atoms with Gasteiger partial charge < -0.3 is 25.0 Å². The quantitative estimate of drug-likeness (QED) is 0.710. The minimum Gasteiger partial charge on any atom is -0.493 e. The van der Waals surface area contributed by atoms with Crippen LogP contribution in [0.2, 0.25) is 0 Å². The lowest BCUT2D eigenvalue weighted by molar-refractivity contribution is -0.134. The number of para-hydroxylation sites is 2. The van der Waals surface area contributed by atoms with Crippen LogP contribution in [-0.2, 0) is 9.59 Å². The molecular formula is C23H27N3O5. The van der Waals surface area contributed by atoms with Crippen LogP contribution in [0.15, 0.2) is 48.5 Å². The molecule has 3 rings (SSSR count). The van der Waals surface area contributed by atoms with Gasteiger partial charge in [0.25, 0.3) is 11.8 Å². The van der Waals surface area contributed by atoms with Gasteiger partial charge in [0.05, 0.1) is 7.11 Å². The summed E-state index contributed by atoms with van der Waals surface area (Å²) >= 11 is 0. The predicted octanol–water partition coefficient (Wildman–Crippen LogP) is 2.45. The monoisotopic (exact) mass is 425 g/mol. The molecule has 1 saturated heterocycles. The zero-order valence-corrected chi connectivity index (χ0v) is 17.7. The highest BCUT2D eigenvalue weighted by atomic mass is 16.5. The number of anilines is 1. The standard InChI is InChI=1S/C23H27N3O5/c1-16(27)24-19-7-5-6-17(14-19)23(29)25-18-10-12-26(13-11-18)22(28)15-31-21-9-4-3-8-20(21)30-2/h3-9,14,18H,10-13,15H2,1-2H3,(H,24,27)(H,25,29). The number of hydrogen-bond acceptors (Lipinski definition) is 5. The number of piperidine rings is 1. The van der Waals surface area contributed by atoms with Gasteiger partial charge in [-0.05, 0) is 43.2 Å². The summed E-state index contributed by atoms with van der Waals surface area (Å²) in [5.74, 6) is 0.626. The van der Waals surface area contributed by atoms with Crippen molar-refractivity contribution in [1.29, 1.82) is 0 Å². The summed E-state index contributed by atoms with van der Waals surface area (Å²) < 4.78 is 10.8. The first-order valence-corrected chi connectivity index (χ1v) is 10.2. The summed E-state index contributed by atoms with van der Waals surface area (Å²) in [5, 5.41) is 5.68. The lowest BCUT2D eigenvalue weighted by atomic mass is 10.0. The first-order chi connectivity index (χ1) is 15.0. The molecule has 0 saturated carbocycles. The maximum atomic E-state index is 12.5. The highest BCUT2D eigenvalue weighted by Gasteiger charge is 2.24. The van der Waals surface area contributed by atoms with E-state index in [0.29, 0.717) is 48.7 Å². The number of likely N-dealkylation sites (tertiary alicyclic amines) is 1. The number of carbonyl (C=O) groups excluding carboxylic acids is 3. The van der Waals surface area contributed by atoms with E-state index in [1.165, 1.54) is 6.92 Å². The number of hydrogen-bond donors (Lipinski definition) is 2. The average molecular weight is 425 g/mol. The van der Waals surface area contributed by atoms with Crippen LogP contribution < -0.4 is 20.1 Å². The van der Waals surface area contributed by atoms with Gasteiger partial charge in [-0.2, -0.15) is 0 Å². The Morgan fingerprint density at radius 1 is 1.03 bits per heavy atom. The van der Waals surface area contributed by atoms with E-state index in [1.807, 2.05) is 12.1 Å². The van der Waals surface area contributed by atoms with Gasteiger partial charge in [-0.15, -0.1) is 0 Å². The highest BCUT2D eigenvalue weighted by molar-refractivity contribution is 5.97. The number of benzene rings is 2. The van der Waals surface area contributed by atoms with Gasteiger partial charge in [-0.1, -0.05) is 18.2 Å². The number of nitrogens with zero attached hydrogens (tertiary/aromatic N) is 1. The van der Waals surface area contributed by atoms with Crippen LogP contribution in [0.4, 0.5) is 5.69 Å². The second-order valence-electron chi connectivity index (χ2n) is 7.33. The van der Waals surface area contributed by atoms with E-state index in [1.54, 1.807) is 48.4 Å². The summed E-state index contributed by atoms with van der Waals surface area (Å²) in [4.78, 5) is 38.0. The normalized spacial score (nSPS) is 13.9. The van der Waals surface area contributed by atoms with E-state index in [0.717, 1.165) is 0 Å². The molecule has 0 radical (unpaired) electrons. The molecule has 3 amide bonds. The first-order valence-electron chi connectivity index (χ1n) is 10.2. The summed E-state index contributed by atoms with van der Waals surface area (Å²) in [7, 11) is 1.55. The molecule has 0 spiro atoms. The second-order valence-corrected chi connectivity index (χ2v) is 7.33. The molecule has 31 heavy (non-hydrogen) atoms. The van der Waals surface area contributed by atoms with Crippen molar-refractivity contribution < 1.29 is 23.9 Å². The minimum absolute atomic E-state index is 0.0175.